The van der Waals surface area contributed by atoms with Gasteiger partial charge in [-0.1, -0.05) is 6.07 Å². The minimum Gasteiger partial charge on any atom is -0.444 e. The van der Waals surface area contributed by atoms with Crippen molar-refractivity contribution in [1.82, 2.24) is 9.88 Å². The molecule has 0 radical (unpaired) electrons. The SMILES string of the molecule is Cc1cccnc1NCC1CCN(C(=O)OC(C)(C)C)C1. The van der Waals surface area contributed by atoms with Crippen molar-refractivity contribution in [3.05, 3.63) is 23.9 Å². The Bertz CT molecular complexity index is 497. The molecule has 0 aliphatic carbocycles. The van der Waals surface area contributed by atoms with E-state index in [2.05, 4.69) is 10.3 Å². The van der Waals surface area contributed by atoms with Gasteiger partial charge in [0, 0.05) is 25.8 Å². The molecule has 21 heavy (non-hydrogen) atoms. The summed E-state index contributed by atoms with van der Waals surface area (Å²) in [5.74, 6) is 1.37. The van der Waals surface area contributed by atoms with E-state index in [1.807, 2.05) is 39.8 Å². The Kier molecular flexibility index (Phi) is 4.70. The van der Waals surface area contributed by atoms with Crippen molar-refractivity contribution in [1.29, 1.82) is 0 Å². The molecule has 5 heteroatoms. The van der Waals surface area contributed by atoms with Crippen LogP contribution < -0.4 is 5.32 Å². The topological polar surface area (TPSA) is 54.5 Å². The first-order valence-electron chi connectivity index (χ1n) is 7.48. The average Bonchev–Trinajstić information content (AvgIpc) is 2.85. The lowest BCUT2D eigenvalue weighted by Crippen LogP contribution is -2.35. The summed E-state index contributed by atoms with van der Waals surface area (Å²) in [6.07, 6.45) is 2.58. The third kappa shape index (κ3) is 4.62. The first kappa shape index (κ1) is 15.6. The van der Waals surface area contributed by atoms with Gasteiger partial charge in [0.15, 0.2) is 0 Å². The maximum absolute atomic E-state index is 12.0. The van der Waals surface area contributed by atoms with Gasteiger partial charge in [0.05, 0.1) is 0 Å². The van der Waals surface area contributed by atoms with Crippen LogP contribution in [0.4, 0.5) is 10.6 Å². The number of carbonyl (C=O) groups excluding carboxylic acids is 1. The number of anilines is 1. The molecular weight excluding hydrogens is 266 g/mol. The zero-order chi connectivity index (χ0) is 15.5. The Balaban J connectivity index is 1.80. The second-order valence-electron chi connectivity index (χ2n) is 6.63. The summed E-state index contributed by atoms with van der Waals surface area (Å²) in [6, 6.07) is 3.97. The van der Waals surface area contributed by atoms with Gasteiger partial charge in [-0.2, -0.15) is 0 Å². The molecule has 0 bridgehead atoms. The molecule has 1 unspecified atom stereocenters. The number of nitrogens with one attached hydrogen (secondary N) is 1. The standard InChI is InChI=1S/C16H25N3O2/c1-12-6-5-8-17-14(12)18-10-13-7-9-19(11-13)15(20)21-16(2,3)4/h5-6,8,13H,7,9-11H2,1-4H3,(H,17,18). The lowest BCUT2D eigenvalue weighted by atomic mass is 10.1. The van der Waals surface area contributed by atoms with Gasteiger partial charge in [-0.15, -0.1) is 0 Å². The van der Waals surface area contributed by atoms with Gasteiger partial charge in [-0.3, -0.25) is 0 Å². The maximum Gasteiger partial charge on any atom is 0.410 e. The molecule has 1 aromatic heterocycles. The summed E-state index contributed by atoms with van der Waals surface area (Å²) in [6.45, 7) is 10.1. The normalized spacial score (nSPS) is 18.7. The van der Waals surface area contributed by atoms with Crippen LogP contribution in [0.15, 0.2) is 18.3 Å². The Morgan fingerprint density at radius 3 is 2.95 bits per heavy atom. The maximum atomic E-state index is 12.0. The highest BCUT2D eigenvalue weighted by Crippen LogP contribution is 2.20. The highest BCUT2D eigenvalue weighted by molar-refractivity contribution is 5.68. The van der Waals surface area contributed by atoms with Crippen molar-refractivity contribution in [2.75, 3.05) is 25.0 Å². The van der Waals surface area contributed by atoms with Crippen molar-refractivity contribution in [2.45, 2.75) is 39.7 Å². The highest BCUT2D eigenvalue weighted by atomic mass is 16.6. The zero-order valence-electron chi connectivity index (χ0n) is 13.3. The molecule has 1 aliphatic heterocycles. The quantitative estimate of drug-likeness (QED) is 0.930. The molecule has 1 aromatic rings. The number of aromatic nitrogens is 1. The number of amides is 1. The van der Waals surface area contributed by atoms with E-state index in [4.69, 9.17) is 4.74 Å². The highest BCUT2D eigenvalue weighted by Gasteiger charge is 2.29. The minimum atomic E-state index is -0.432. The van der Waals surface area contributed by atoms with Crippen molar-refractivity contribution in [3.8, 4) is 0 Å². The number of ether oxygens (including phenoxy) is 1. The predicted molar refractivity (Wildman–Crippen MR) is 83.4 cm³/mol. The molecule has 1 saturated heterocycles. The summed E-state index contributed by atoms with van der Waals surface area (Å²) in [7, 11) is 0. The smallest absolute Gasteiger partial charge is 0.410 e. The molecule has 1 amide bonds. The zero-order valence-corrected chi connectivity index (χ0v) is 13.3. The summed E-state index contributed by atoms with van der Waals surface area (Å²) >= 11 is 0. The van der Waals surface area contributed by atoms with Crippen LogP contribution in [0, 0.1) is 12.8 Å². The van der Waals surface area contributed by atoms with E-state index < -0.39 is 5.60 Å². The van der Waals surface area contributed by atoms with Crippen LogP contribution in [0.1, 0.15) is 32.8 Å². The van der Waals surface area contributed by atoms with Gasteiger partial charge in [-0.05, 0) is 51.7 Å². The van der Waals surface area contributed by atoms with E-state index in [-0.39, 0.29) is 6.09 Å². The Hall–Kier alpha value is -1.78. The van der Waals surface area contributed by atoms with Gasteiger partial charge in [-0.25, -0.2) is 9.78 Å². The van der Waals surface area contributed by atoms with Crippen LogP contribution in [0.5, 0.6) is 0 Å². The molecule has 5 nitrogen and oxygen atoms in total. The average molecular weight is 291 g/mol. The number of hydrogen-bond acceptors (Lipinski definition) is 4. The van der Waals surface area contributed by atoms with Gasteiger partial charge in [0.2, 0.25) is 0 Å². The molecule has 0 spiro atoms. The molecule has 1 aliphatic rings. The lowest BCUT2D eigenvalue weighted by Gasteiger charge is -2.24. The largest absolute Gasteiger partial charge is 0.444 e. The molecule has 1 atom stereocenters. The van der Waals surface area contributed by atoms with E-state index in [1.165, 1.54) is 0 Å². The van der Waals surface area contributed by atoms with Gasteiger partial charge in [0.25, 0.3) is 0 Å². The number of carbonyl (C=O) groups is 1. The number of aryl methyl sites for hydroxylation is 1. The van der Waals surface area contributed by atoms with Gasteiger partial charge < -0.3 is 15.0 Å². The van der Waals surface area contributed by atoms with Crippen LogP contribution in [0.25, 0.3) is 0 Å². The van der Waals surface area contributed by atoms with Crippen LogP contribution in [0.3, 0.4) is 0 Å². The van der Waals surface area contributed by atoms with Crippen LogP contribution in [-0.4, -0.2) is 41.2 Å². The molecule has 2 rings (SSSR count). The Labute approximate surface area is 126 Å². The van der Waals surface area contributed by atoms with E-state index in [1.54, 1.807) is 11.1 Å². The fourth-order valence-electron chi connectivity index (χ4n) is 2.40. The molecule has 116 valence electrons. The molecule has 1 fully saturated rings. The third-order valence-corrected chi connectivity index (χ3v) is 3.51. The minimum absolute atomic E-state index is 0.209. The van der Waals surface area contributed by atoms with Crippen LogP contribution in [-0.2, 0) is 4.74 Å². The van der Waals surface area contributed by atoms with E-state index in [9.17, 15) is 4.79 Å². The molecular formula is C16H25N3O2. The molecule has 1 N–H and O–H groups in total. The van der Waals surface area contributed by atoms with Crippen molar-refractivity contribution >= 4 is 11.9 Å². The molecule has 0 aromatic carbocycles. The number of hydrogen-bond donors (Lipinski definition) is 1. The first-order valence-corrected chi connectivity index (χ1v) is 7.48. The monoisotopic (exact) mass is 291 g/mol. The number of rotatable bonds is 3. The number of nitrogens with zero attached hydrogens (tertiary/aromatic N) is 2. The van der Waals surface area contributed by atoms with Crippen molar-refractivity contribution in [3.63, 3.8) is 0 Å². The summed E-state index contributed by atoms with van der Waals surface area (Å²) in [4.78, 5) is 18.1. The third-order valence-electron chi connectivity index (χ3n) is 3.51. The van der Waals surface area contributed by atoms with E-state index in [0.717, 1.165) is 37.4 Å². The Morgan fingerprint density at radius 1 is 1.52 bits per heavy atom. The van der Waals surface area contributed by atoms with Crippen LogP contribution in [0.2, 0.25) is 0 Å². The lowest BCUT2D eigenvalue weighted by molar-refractivity contribution is 0.0289. The first-order chi connectivity index (χ1) is 9.85. The second kappa shape index (κ2) is 6.33. The van der Waals surface area contributed by atoms with Crippen molar-refractivity contribution < 1.29 is 9.53 Å². The Morgan fingerprint density at radius 2 is 2.29 bits per heavy atom. The molecule has 0 saturated carbocycles. The summed E-state index contributed by atoms with van der Waals surface area (Å²) in [5, 5.41) is 3.37. The fourth-order valence-corrected chi connectivity index (χ4v) is 2.40. The van der Waals surface area contributed by atoms with E-state index >= 15 is 0 Å². The fraction of sp³-hybridized carbons (Fsp3) is 0.625. The van der Waals surface area contributed by atoms with Gasteiger partial charge in [0.1, 0.15) is 11.4 Å². The summed E-state index contributed by atoms with van der Waals surface area (Å²) < 4.78 is 5.41. The number of pyridine rings is 1. The van der Waals surface area contributed by atoms with Gasteiger partial charge >= 0.3 is 6.09 Å². The predicted octanol–water partition coefficient (Wildman–Crippen LogP) is 3.06. The van der Waals surface area contributed by atoms with Crippen LogP contribution >= 0.6 is 0 Å². The second-order valence-corrected chi connectivity index (χ2v) is 6.63. The summed E-state index contributed by atoms with van der Waals surface area (Å²) in [5.41, 5.74) is 0.706. The van der Waals surface area contributed by atoms with Crippen molar-refractivity contribution in [2.24, 2.45) is 5.92 Å². The molecule has 2 heterocycles. The number of likely N-dealkylation sites (tertiary alicyclic amines) is 1. The van der Waals surface area contributed by atoms with E-state index in [0.29, 0.717) is 5.92 Å².